The Morgan fingerprint density at radius 3 is 2.33 bits per heavy atom. The van der Waals surface area contributed by atoms with Crippen LogP contribution in [-0.4, -0.2) is 67.2 Å². The van der Waals surface area contributed by atoms with Crippen LogP contribution in [0.1, 0.15) is 49.0 Å². The molecule has 0 fully saturated rings. The van der Waals surface area contributed by atoms with Gasteiger partial charge in [-0.05, 0) is 37.0 Å². The molecule has 39 heavy (non-hydrogen) atoms. The highest BCUT2D eigenvalue weighted by atomic mass is 19.1. The van der Waals surface area contributed by atoms with Gasteiger partial charge in [-0.1, -0.05) is 13.8 Å². The van der Waals surface area contributed by atoms with Gasteiger partial charge in [0.2, 0.25) is 23.6 Å². The summed E-state index contributed by atoms with van der Waals surface area (Å²) in [6.07, 6.45) is 0.322. The van der Waals surface area contributed by atoms with Crippen molar-refractivity contribution in [3.63, 3.8) is 0 Å². The SMILES string of the molecule is CC(C)[C@H](NC(=O)c1ccc(F)c(C#N)c1)C(=O)NCCC(=O)N[C@@H](CCCN=C(N)N)C(=O)NCC(N)=O. The largest absolute Gasteiger partial charge is 0.370 e. The third-order valence-electron chi connectivity index (χ3n) is 5.27. The van der Waals surface area contributed by atoms with Crippen LogP contribution in [0.2, 0.25) is 0 Å². The maximum absolute atomic E-state index is 13.6. The molecular formula is C24H34FN9O5. The molecule has 0 saturated heterocycles. The smallest absolute Gasteiger partial charge is 0.251 e. The first-order valence-corrected chi connectivity index (χ1v) is 12.0. The van der Waals surface area contributed by atoms with Gasteiger partial charge in [0.25, 0.3) is 5.91 Å². The van der Waals surface area contributed by atoms with E-state index in [0.717, 1.165) is 12.1 Å². The Hall–Kier alpha value is -4.74. The minimum atomic E-state index is -1.00. The molecule has 2 atom stereocenters. The number of nitrogens with zero attached hydrogens (tertiary/aromatic N) is 2. The first kappa shape index (κ1) is 32.3. The molecule has 0 aliphatic rings. The summed E-state index contributed by atoms with van der Waals surface area (Å²) in [5.74, 6) is -4.42. The van der Waals surface area contributed by atoms with Crippen LogP contribution in [0.15, 0.2) is 23.2 Å². The molecule has 15 heteroatoms. The number of nitrogens with two attached hydrogens (primary N) is 3. The van der Waals surface area contributed by atoms with E-state index in [4.69, 9.17) is 22.5 Å². The van der Waals surface area contributed by atoms with Crippen LogP contribution in [-0.2, 0) is 19.2 Å². The fourth-order valence-corrected chi connectivity index (χ4v) is 3.26. The van der Waals surface area contributed by atoms with Crippen molar-refractivity contribution in [2.75, 3.05) is 19.6 Å². The van der Waals surface area contributed by atoms with E-state index in [2.05, 4.69) is 26.3 Å². The number of amides is 5. The van der Waals surface area contributed by atoms with Gasteiger partial charge < -0.3 is 38.5 Å². The summed E-state index contributed by atoms with van der Waals surface area (Å²) in [5.41, 5.74) is 15.3. The Kier molecular flexibility index (Phi) is 13.4. The van der Waals surface area contributed by atoms with Crippen LogP contribution >= 0.6 is 0 Å². The fourth-order valence-electron chi connectivity index (χ4n) is 3.26. The van der Waals surface area contributed by atoms with Gasteiger partial charge in [0, 0.05) is 25.1 Å². The van der Waals surface area contributed by atoms with E-state index in [9.17, 15) is 28.4 Å². The summed E-state index contributed by atoms with van der Waals surface area (Å²) in [6.45, 7) is 3.09. The van der Waals surface area contributed by atoms with E-state index < -0.39 is 54.0 Å². The standard InChI is InChI=1S/C24H34FN9O5/c1-13(2)20(34-21(37)14-5-6-16(25)15(10-14)11-26)23(39)30-9-7-19(36)33-17(4-3-8-31-24(28)29)22(38)32-12-18(27)35/h5-6,10,13,17,20H,3-4,7-9,12H2,1-2H3,(H2,27,35)(H,30,39)(H,32,38)(H,33,36)(H,34,37)(H4,28,29,31)/t17-,20-/m0/s1. The Morgan fingerprint density at radius 1 is 1.05 bits per heavy atom. The monoisotopic (exact) mass is 547 g/mol. The van der Waals surface area contributed by atoms with Crippen LogP contribution in [0, 0.1) is 23.1 Å². The predicted octanol–water partition coefficient (Wildman–Crippen LogP) is -1.90. The van der Waals surface area contributed by atoms with Crippen LogP contribution in [0.25, 0.3) is 0 Å². The van der Waals surface area contributed by atoms with Gasteiger partial charge >= 0.3 is 0 Å². The highest BCUT2D eigenvalue weighted by Crippen LogP contribution is 2.11. The van der Waals surface area contributed by atoms with E-state index in [0.29, 0.717) is 6.42 Å². The highest BCUT2D eigenvalue weighted by Gasteiger charge is 2.25. The maximum Gasteiger partial charge on any atom is 0.251 e. The van der Waals surface area contributed by atoms with Gasteiger partial charge in [0.15, 0.2) is 5.96 Å². The fraction of sp³-hybridized carbons (Fsp3) is 0.458. The van der Waals surface area contributed by atoms with Gasteiger partial charge in [-0.3, -0.25) is 29.0 Å². The Labute approximate surface area is 224 Å². The molecule has 0 heterocycles. The number of hydrogen-bond donors (Lipinski definition) is 7. The number of halogens is 1. The molecule has 0 aromatic heterocycles. The first-order valence-electron chi connectivity index (χ1n) is 12.0. The lowest BCUT2D eigenvalue weighted by Gasteiger charge is -2.22. The first-order chi connectivity index (χ1) is 18.3. The van der Waals surface area contributed by atoms with Crippen molar-refractivity contribution in [2.45, 2.75) is 45.2 Å². The molecule has 0 spiro atoms. The number of rotatable bonds is 15. The van der Waals surface area contributed by atoms with E-state index >= 15 is 0 Å². The van der Waals surface area contributed by atoms with Crippen molar-refractivity contribution >= 4 is 35.5 Å². The number of guanidine groups is 1. The minimum absolute atomic E-state index is 0.00581. The average molecular weight is 548 g/mol. The summed E-state index contributed by atoms with van der Waals surface area (Å²) >= 11 is 0. The van der Waals surface area contributed by atoms with Crippen molar-refractivity contribution in [1.29, 1.82) is 5.26 Å². The van der Waals surface area contributed by atoms with E-state index in [1.165, 1.54) is 6.07 Å². The van der Waals surface area contributed by atoms with Crippen molar-refractivity contribution in [3.05, 3.63) is 35.1 Å². The summed E-state index contributed by atoms with van der Waals surface area (Å²) in [7, 11) is 0. The number of primary amides is 1. The molecule has 0 unspecified atom stereocenters. The third-order valence-corrected chi connectivity index (χ3v) is 5.27. The van der Waals surface area contributed by atoms with Gasteiger partial charge in [-0.15, -0.1) is 0 Å². The quantitative estimate of drug-likeness (QED) is 0.0740. The molecule has 0 aliphatic carbocycles. The van der Waals surface area contributed by atoms with Crippen molar-refractivity contribution < 1.29 is 28.4 Å². The molecule has 0 radical (unpaired) electrons. The van der Waals surface area contributed by atoms with Gasteiger partial charge in [0.1, 0.15) is 24.0 Å². The van der Waals surface area contributed by atoms with E-state index in [1.807, 2.05) is 0 Å². The van der Waals surface area contributed by atoms with E-state index in [-0.39, 0.29) is 48.9 Å². The summed E-state index contributed by atoms with van der Waals surface area (Å²) in [6, 6.07) is 2.92. The number of benzene rings is 1. The maximum atomic E-state index is 13.6. The average Bonchev–Trinajstić information content (AvgIpc) is 2.87. The summed E-state index contributed by atoms with van der Waals surface area (Å²) < 4.78 is 13.6. The van der Waals surface area contributed by atoms with Crippen molar-refractivity contribution in [1.82, 2.24) is 21.3 Å². The van der Waals surface area contributed by atoms with Gasteiger partial charge in [-0.25, -0.2) is 4.39 Å². The lowest BCUT2D eigenvalue weighted by atomic mass is 10.0. The molecule has 0 saturated carbocycles. The predicted molar refractivity (Wildman–Crippen MR) is 139 cm³/mol. The second kappa shape index (κ2) is 16.2. The molecular weight excluding hydrogens is 513 g/mol. The number of nitrogens with one attached hydrogen (secondary N) is 4. The highest BCUT2D eigenvalue weighted by molar-refractivity contribution is 5.98. The van der Waals surface area contributed by atoms with Crippen LogP contribution < -0.4 is 38.5 Å². The Bertz CT molecular complexity index is 1130. The molecule has 212 valence electrons. The molecule has 1 aromatic carbocycles. The molecule has 14 nitrogen and oxygen atoms in total. The normalized spacial score (nSPS) is 11.9. The number of nitriles is 1. The molecule has 0 aliphatic heterocycles. The number of carbonyl (C=O) groups excluding carboxylic acids is 5. The van der Waals surface area contributed by atoms with Crippen LogP contribution in [0.5, 0.6) is 0 Å². The molecule has 0 bridgehead atoms. The number of carbonyl (C=O) groups is 5. The number of hydrogen-bond acceptors (Lipinski definition) is 7. The second-order valence-electron chi connectivity index (χ2n) is 8.80. The minimum Gasteiger partial charge on any atom is -0.370 e. The van der Waals surface area contributed by atoms with Crippen LogP contribution in [0.3, 0.4) is 0 Å². The molecule has 1 rings (SSSR count). The van der Waals surface area contributed by atoms with Crippen LogP contribution in [0.4, 0.5) is 4.39 Å². The summed E-state index contributed by atoms with van der Waals surface area (Å²) in [4.78, 5) is 64.9. The zero-order valence-electron chi connectivity index (χ0n) is 21.8. The lowest BCUT2D eigenvalue weighted by Crippen LogP contribution is -2.51. The topological polar surface area (TPSA) is 248 Å². The van der Waals surface area contributed by atoms with Crippen molar-refractivity contribution in [2.24, 2.45) is 28.1 Å². The Morgan fingerprint density at radius 2 is 1.74 bits per heavy atom. The zero-order valence-corrected chi connectivity index (χ0v) is 21.8. The van der Waals surface area contributed by atoms with Gasteiger partial charge in [-0.2, -0.15) is 5.26 Å². The second-order valence-corrected chi connectivity index (χ2v) is 8.80. The number of aliphatic imine (C=N–C) groups is 1. The van der Waals surface area contributed by atoms with Crippen molar-refractivity contribution in [3.8, 4) is 6.07 Å². The zero-order chi connectivity index (χ0) is 29.5. The van der Waals surface area contributed by atoms with Gasteiger partial charge in [0.05, 0.1) is 12.1 Å². The van der Waals surface area contributed by atoms with E-state index in [1.54, 1.807) is 19.9 Å². The molecule has 10 N–H and O–H groups in total. The summed E-state index contributed by atoms with van der Waals surface area (Å²) in [5, 5.41) is 18.9. The lowest BCUT2D eigenvalue weighted by molar-refractivity contribution is -0.130. The molecule has 5 amide bonds. The molecule has 1 aromatic rings. The Balaban J connectivity index is 2.70. The third kappa shape index (κ3) is 11.9.